The summed E-state index contributed by atoms with van der Waals surface area (Å²) in [6, 6.07) is 14.9. The second-order valence-corrected chi connectivity index (χ2v) is 12.2. The van der Waals surface area contributed by atoms with Gasteiger partial charge in [-0.25, -0.2) is 13.4 Å². The molecular formula is C28H26ClF3N2O4S. The lowest BCUT2D eigenvalue weighted by molar-refractivity contribution is -0.138. The van der Waals surface area contributed by atoms with Gasteiger partial charge in [-0.2, -0.15) is 13.2 Å². The molecule has 0 amide bonds. The van der Waals surface area contributed by atoms with Gasteiger partial charge in [0.2, 0.25) is 0 Å². The maximum atomic E-state index is 13.8. The molecule has 0 radical (unpaired) electrons. The summed E-state index contributed by atoms with van der Waals surface area (Å²) in [7, 11) is -3.83. The molecule has 0 spiro atoms. The van der Waals surface area contributed by atoms with Crippen LogP contribution in [0.5, 0.6) is 0 Å². The number of aromatic nitrogens is 2. The van der Waals surface area contributed by atoms with E-state index in [9.17, 15) is 31.8 Å². The maximum Gasteiger partial charge on any atom is 0.416 e. The van der Waals surface area contributed by atoms with Crippen molar-refractivity contribution in [2.75, 3.05) is 6.26 Å². The summed E-state index contributed by atoms with van der Waals surface area (Å²) in [5, 5.41) is 20.0. The number of hydrogen-bond donors (Lipinski definition) is 2. The van der Waals surface area contributed by atoms with Crippen molar-refractivity contribution in [1.82, 2.24) is 9.55 Å². The van der Waals surface area contributed by atoms with Crippen LogP contribution in [0.15, 0.2) is 71.8 Å². The normalized spacial score (nSPS) is 12.6. The highest BCUT2D eigenvalue weighted by Crippen LogP contribution is 2.36. The average molecular weight is 579 g/mol. The monoisotopic (exact) mass is 578 g/mol. The molecule has 0 fully saturated rings. The lowest BCUT2D eigenvalue weighted by Crippen LogP contribution is -2.16. The zero-order chi connectivity index (χ0) is 28.8. The number of alkyl halides is 3. The summed E-state index contributed by atoms with van der Waals surface area (Å²) in [5.41, 5.74) is -0.191. The Kier molecular flexibility index (Phi) is 7.70. The third-order valence-corrected chi connectivity index (χ3v) is 7.58. The van der Waals surface area contributed by atoms with Gasteiger partial charge in [-0.1, -0.05) is 41.9 Å². The summed E-state index contributed by atoms with van der Waals surface area (Å²) in [6.07, 6.45) is -2.52. The number of aliphatic hydroxyl groups excluding tert-OH is 1. The van der Waals surface area contributed by atoms with Crippen molar-refractivity contribution in [3.8, 4) is 16.8 Å². The summed E-state index contributed by atoms with van der Waals surface area (Å²) in [5.74, 6) is 0.0878. The zero-order valence-corrected chi connectivity index (χ0v) is 22.9. The molecule has 0 unspecified atom stereocenters. The molecular weight excluding hydrogens is 553 g/mol. The Morgan fingerprint density at radius 3 is 2.18 bits per heavy atom. The van der Waals surface area contributed by atoms with Crippen LogP contribution in [-0.4, -0.2) is 34.4 Å². The lowest BCUT2D eigenvalue weighted by Gasteiger charge is -2.16. The van der Waals surface area contributed by atoms with Crippen LogP contribution < -0.4 is 0 Å². The fourth-order valence-electron chi connectivity index (χ4n) is 4.19. The summed E-state index contributed by atoms with van der Waals surface area (Å²) >= 11 is 6.02. The first-order valence-corrected chi connectivity index (χ1v) is 14.1. The van der Waals surface area contributed by atoms with Crippen molar-refractivity contribution in [3.63, 3.8) is 0 Å². The molecule has 0 bridgehead atoms. The Morgan fingerprint density at radius 1 is 0.974 bits per heavy atom. The number of hydrogen-bond acceptors (Lipinski definition) is 5. The molecule has 0 saturated carbocycles. The fraction of sp³-hybridized carbons (Fsp3) is 0.250. The van der Waals surface area contributed by atoms with Gasteiger partial charge in [-0.05, 0) is 66.4 Å². The van der Waals surface area contributed by atoms with E-state index in [1.165, 1.54) is 36.7 Å². The van der Waals surface area contributed by atoms with Crippen LogP contribution in [-0.2, 0) is 34.6 Å². The molecule has 1 heterocycles. The first-order valence-electron chi connectivity index (χ1n) is 11.8. The third kappa shape index (κ3) is 6.36. The van der Waals surface area contributed by atoms with E-state index in [1.807, 2.05) is 0 Å². The maximum absolute atomic E-state index is 13.8. The van der Waals surface area contributed by atoms with Crippen LogP contribution in [0.3, 0.4) is 0 Å². The highest BCUT2D eigenvalue weighted by molar-refractivity contribution is 7.90. The molecule has 206 valence electrons. The van der Waals surface area contributed by atoms with Crippen LogP contribution in [0.4, 0.5) is 13.2 Å². The molecule has 11 heteroatoms. The van der Waals surface area contributed by atoms with Crippen molar-refractivity contribution in [2.24, 2.45) is 0 Å². The van der Waals surface area contributed by atoms with Crippen molar-refractivity contribution in [1.29, 1.82) is 0 Å². The minimum absolute atomic E-state index is 0.0747. The largest absolute Gasteiger partial charge is 0.416 e. The number of benzene rings is 3. The summed E-state index contributed by atoms with van der Waals surface area (Å²) in [6.45, 7) is 2.81. The molecule has 6 nitrogen and oxygen atoms in total. The van der Waals surface area contributed by atoms with Gasteiger partial charge < -0.3 is 14.8 Å². The second-order valence-electron chi connectivity index (χ2n) is 9.76. The number of rotatable bonds is 7. The van der Waals surface area contributed by atoms with Crippen LogP contribution in [0.25, 0.3) is 16.8 Å². The highest BCUT2D eigenvalue weighted by Gasteiger charge is 2.34. The van der Waals surface area contributed by atoms with Crippen molar-refractivity contribution < 1.29 is 31.8 Å². The molecule has 3 aromatic carbocycles. The number of halogens is 4. The first kappa shape index (κ1) is 28.8. The van der Waals surface area contributed by atoms with Crippen molar-refractivity contribution >= 4 is 21.4 Å². The highest BCUT2D eigenvalue weighted by atomic mass is 35.5. The van der Waals surface area contributed by atoms with E-state index in [0.717, 1.165) is 18.4 Å². The van der Waals surface area contributed by atoms with Gasteiger partial charge in [0.25, 0.3) is 0 Å². The minimum atomic E-state index is -4.65. The standard InChI is InChI=1S/C28H26ClF3N2O4S/c1-27(2,36)25-15-34(26(33-25)14-20-12-21(29)9-10-22(20)28(30,31)32)23-11-8-19(13-24(23)39(3,37)38)18-6-4-17(16-35)5-7-18/h4-13,15,35-36H,14,16H2,1-3H3. The van der Waals surface area contributed by atoms with Crippen molar-refractivity contribution in [3.05, 3.63) is 100 Å². The van der Waals surface area contributed by atoms with E-state index in [0.29, 0.717) is 16.7 Å². The predicted octanol–water partition coefficient (Wildman–Crippen LogP) is 5.93. The molecule has 1 aromatic heterocycles. The Balaban J connectivity index is 1.92. The SMILES string of the molecule is CC(C)(O)c1cn(-c2ccc(-c3ccc(CO)cc3)cc2S(C)(=O)=O)c(Cc2cc(Cl)ccc2C(F)(F)F)n1. The number of nitrogens with zero attached hydrogens (tertiary/aromatic N) is 2. The smallest absolute Gasteiger partial charge is 0.392 e. The quantitative estimate of drug-likeness (QED) is 0.284. The van der Waals surface area contributed by atoms with Gasteiger partial charge in [0.05, 0.1) is 28.4 Å². The Hall–Kier alpha value is -3.18. The molecule has 0 atom stereocenters. The molecule has 0 aliphatic heterocycles. The summed E-state index contributed by atoms with van der Waals surface area (Å²) < 4.78 is 68.6. The van der Waals surface area contributed by atoms with Crippen LogP contribution >= 0.6 is 11.6 Å². The van der Waals surface area contributed by atoms with E-state index in [2.05, 4.69) is 4.98 Å². The van der Waals surface area contributed by atoms with Gasteiger partial charge in [0.15, 0.2) is 9.84 Å². The van der Waals surface area contributed by atoms with E-state index in [-0.39, 0.29) is 45.7 Å². The second kappa shape index (κ2) is 10.4. The molecule has 4 rings (SSSR count). The third-order valence-electron chi connectivity index (χ3n) is 6.22. The molecule has 2 N–H and O–H groups in total. The molecule has 39 heavy (non-hydrogen) atoms. The molecule has 0 aliphatic rings. The molecule has 4 aromatic rings. The van der Waals surface area contributed by atoms with E-state index < -0.39 is 27.2 Å². The predicted molar refractivity (Wildman–Crippen MR) is 143 cm³/mol. The van der Waals surface area contributed by atoms with E-state index in [1.54, 1.807) is 36.4 Å². The number of imidazole rings is 1. The summed E-state index contributed by atoms with van der Waals surface area (Å²) in [4.78, 5) is 4.34. The van der Waals surface area contributed by atoms with Crippen LogP contribution in [0, 0.1) is 0 Å². The van der Waals surface area contributed by atoms with Crippen molar-refractivity contribution in [2.45, 2.75) is 43.5 Å². The minimum Gasteiger partial charge on any atom is -0.392 e. The number of sulfone groups is 1. The average Bonchev–Trinajstić information content (AvgIpc) is 3.27. The van der Waals surface area contributed by atoms with Gasteiger partial charge in [0.1, 0.15) is 11.4 Å². The van der Waals surface area contributed by atoms with Gasteiger partial charge in [-0.15, -0.1) is 0 Å². The molecule has 0 aliphatic carbocycles. The van der Waals surface area contributed by atoms with Gasteiger partial charge in [-0.3, -0.25) is 0 Å². The van der Waals surface area contributed by atoms with Crippen LogP contribution in [0.1, 0.15) is 42.1 Å². The van der Waals surface area contributed by atoms with Crippen LogP contribution in [0.2, 0.25) is 5.02 Å². The zero-order valence-electron chi connectivity index (χ0n) is 21.3. The Labute approximate surface area is 229 Å². The Bertz CT molecular complexity index is 1620. The number of aliphatic hydroxyl groups is 2. The Morgan fingerprint density at radius 2 is 1.62 bits per heavy atom. The topological polar surface area (TPSA) is 92.4 Å². The lowest BCUT2D eigenvalue weighted by atomic mass is 10.0. The van der Waals surface area contributed by atoms with E-state index >= 15 is 0 Å². The molecule has 0 saturated heterocycles. The van der Waals surface area contributed by atoms with Gasteiger partial charge >= 0.3 is 6.18 Å². The first-order chi connectivity index (χ1) is 18.1. The fourth-order valence-corrected chi connectivity index (χ4v) is 5.28. The van der Waals surface area contributed by atoms with E-state index in [4.69, 9.17) is 11.6 Å². The van der Waals surface area contributed by atoms with Gasteiger partial charge in [0, 0.05) is 23.9 Å².